The zero-order chi connectivity index (χ0) is 14.5. The van der Waals surface area contributed by atoms with Crippen molar-refractivity contribution in [3.8, 4) is 0 Å². The summed E-state index contributed by atoms with van der Waals surface area (Å²) in [5.74, 6) is -0.165. The van der Waals surface area contributed by atoms with Gasteiger partial charge in [-0.3, -0.25) is 4.79 Å². The van der Waals surface area contributed by atoms with E-state index in [0.717, 1.165) is 11.1 Å². The minimum atomic E-state index is -0.165. The van der Waals surface area contributed by atoms with Crippen LogP contribution in [0.4, 0.5) is 0 Å². The summed E-state index contributed by atoms with van der Waals surface area (Å²) in [6.07, 6.45) is 1.85. The molecule has 0 saturated carbocycles. The highest BCUT2D eigenvalue weighted by Gasteiger charge is 2.02. The van der Waals surface area contributed by atoms with Gasteiger partial charge in [0.2, 0.25) is 5.91 Å². The van der Waals surface area contributed by atoms with Crippen molar-refractivity contribution in [3.63, 3.8) is 0 Å². The Bertz CT molecular complexity index is 780. The molecule has 6 nitrogen and oxygen atoms in total. The number of aromatic nitrogens is 2. The Morgan fingerprint density at radius 2 is 1.95 bits per heavy atom. The van der Waals surface area contributed by atoms with E-state index in [1.807, 2.05) is 36.4 Å². The Labute approximate surface area is 120 Å². The van der Waals surface area contributed by atoms with E-state index in [4.69, 9.17) is 0 Å². The first kappa shape index (κ1) is 13.0. The lowest BCUT2D eigenvalue weighted by molar-refractivity contribution is -0.120. The van der Waals surface area contributed by atoms with Crippen LogP contribution in [0, 0.1) is 0 Å². The van der Waals surface area contributed by atoms with Crippen molar-refractivity contribution in [2.24, 2.45) is 5.10 Å². The molecule has 0 spiro atoms. The van der Waals surface area contributed by atoms with Gasteiger partial charge in [-0.05, 0) is 33.6 Å². The normalized spacial score (nSPS) is 11.0. The smallest absolute Gasteiger partial charge is 0.244 e. The number of nitrogens with one attached hydrogen (secondary N) is 1. The van der Waals surface area contributed by atoms with Crippen molar-refractivity contribution in [1.82, 2.24) is 15.7 Å². The van der Waals surface area contributed by atoms with Gasteiger partial charge in [0.1, 0.15) is 11.0 Å². The van der Waals surface area contributed by atoms with Crippen molar-refractivity contribution in [1.29, 1.82) is 0 Å². The van der Waals surface area contributed by atoms with E-state index < -0.39 is 0 Å². The van der Waals surface area contributed by atoms with Crippen LogP contribution >= 0.6 is 0 Å². The molecule has 2 aromatic carbocycles. The van der Waals surface area contributed by atoms with Crippen LogP contribution in [-0.4, -0.2) is 22.4 Å². The van der Waals surface area contributed by atoms with Gasteiger partial charge in [0.05, 0.1) is 12.6 Å². The molecule has 1 heterocycles. The molecule has 0 aliphatic carbocycles. The highest BCUT2D eigenvalue weighted by Crippen LogP contribution is 2.09. The number of benzene rings is 2. The number of hydrogen-bond acceptors (Lipinski definition) is 5. The van der Waals surface area contributed by atoms with E-state index in [1.54, 1.807) is 18.3 Å². The van der Waals surface area contributed by atoms with Crippen LogP contribution in [0.15, 0.2) is 58.3 Å². The number of rotatable bonds is 4. The van der Waals surface area contributed by atoms with Crippen molar-refractivity contribution < 1.29 is 9.42 Å². The molecule has 0 radical (unpaired) electrons. The summed E-state index contributed by atoms with van der Waals surface area (Å²) in [7, 11) is 0. The summed E-state index contributed by atoms with van der Waals surface area (Å²) in [5.41, 5.74) is 5.57. The van der Waals surface area contributed by atoms with E-state index in [0.29, 0.717) is 17.5 Å². The van der Waals surface area contributed by atoms with Crippen molar-refractivity contribution in [2.75, 3.05) is 0 Å². The fourth-order valence-corrected chi connectivity index (χ4v) is 1.88. The monoisotopic (exact) mass is 280 g/mol. The Morgan fingerprint density at radius 3 is 2.81 bits per heavy atom. The molecule has 3 rings (SSSR count). The van der Waals surface area contributed by atoms with Gasteiger partial charge in [0, 0.05) is 0 Å². The minimum absolute atomic E-state index is 0.165. The van der Waals surface area contributed by atoms with Crippen molar-refractivity contribution in [3.05, 3.63) is 59.7 Å². The maximum absolute atomic E-state index is 11.7. The molecule has 0 fully saturated rings. The fourth-order valence-electron chi connectivity index (χ4n) is 1.88. The highest BCUT2D eigenvalue weighted by molar-refractivity contribution is 5.87. The summed E-state index contributed by atoms with van der Waals surface area (Å²) in [5, 5.41) is 11.4. The second kappa shape index (κ2) is 5.96. The van der Waals surface area contributed by atoms with E-state index >= 15 is 0 Å². The quantitative estimate of drug-likeness (QED) is 0.585. The average Bonchev–Trinajstić information content (AvgIpc) is 2.96. The first-order chi connectivity index (χ1) is 10.3. The Kier molecular flexibility index (Phi) is 3.68. The van der Waals surface area contributed by atoms with Gasteiger partial charge in [0.15, 0.2) is 0 Å². The van der Waals surface area contributed by atoms with Gasteiger partial charge in [-0.2, -0.15) is 5.10 Å². The standard InChI is InChI=1S/C15H12N4O2/c20-15(9-11-4-2-1-3-5-11)17-16-10-12-6-7-13-14(8-12)19-21-18-13/h1-8,10H,9H2,(H,17,20). The summed E-state index contributed by atoms with van der Waals surface area (Å²) < 4.78 is 4.61. The zero-order valence-electron chi connectivity index (χ0n) is 11.1. The SMILES string of the molecule is O=C(Cc1ccccc1)NN=Cc1ccc2nonc2c1. The van der Waals surface area contributed by atoms with Crippen LogP contribution in [0.2, 0.25) is 0 Å². The molecule has 1 aromatic heterocycles. The molecule has 0 aliphatic heterocycles. The zero-order valence-corrected chi connectivity index (χ0v) is 11.1. The summed E-state index contributed by atoms with van der Waals surface area (Å²) in [6, 6.07) is 14.9. The molecule has 1 amide bonds. The molecule has 0 saturated heterocycles. The van der Waals surface area contributed by atoms with E-state index in [-0.39, 0.29) is 5.91 Å². The second-order valence-electron chi connectivity index (χ2n) is 4.47. The van der Waals surface area contributed by atoms with Gasteiger partial charge in [0.25, 0.3) is 0 Å². The van der Waals surface area contributed by atoms with Gasteiger partial charge >= 0.3 is 0 Å². The number of nitrogens with zero attached hydrogens (tertiary/aromatic N) is 3. The topological polar surface area (TPSA) is 80.4 Å². The second-order valence-corrected chi connectivity index (χ2v) is 4.47. The third kappa shape index (κ3) is 3.30. The molecular weight excluding hydrogens is 268 g/mol. The fraction of sp³-hybridized carbons (Fsp3) is 0.0667. The summed E-state index contributed by atoms with van der Waals surface area (Å²) >= 11 is 0. The largest absolute Gasteiger partial charge is 0.273 e. The predicted molar refractivity (Wildman–Crippen MR) is 77.7 cm³/mol. The summed E-state index contributed by atoms with van der Waals surface area (Å²) in [4.78, 5) is 11.7. The molecule has 21 heavy (non-hydrogen) atoms. The number of fused-ring (bicyclic) bond motifs is 1. The maximum Gasteiger partial charge on any atom is 0.244 e. The van der Waals surface area contributed by atoms with Gasteiger partial charge < -0.3 is 0 Å². The minimum Gasteiger partial charge on any atom is -0.273 e. The first-order valence-electron chi connectivity index (χ1n) is 6.39. The highest BCUT2D eigenvalue weighted by atomic mass is 16.6. The molecule has 3 aromatic rings. The predicted octanol–water partition coefficient (Wildman–Crippen LogP) is 1.92. The summed E-state index contributed by atoms with van der Waals surface area (Å²) in [6.45, 7) is 0. The van der Waals surface area contributed by atoms with Gasteiger partial charge in [-0.25, -0.2) is 10.1 Å². The number of carbonyl (C=O) groups is 1. The molecule has 0 bridgehead atoms. The molecule has 0 aliphatic rings. The average molecular weight is 280 g/mol. The van der Waals surface area contributed by atoms with E-state index in [2.05, 4.69) is 25.5 Å². The van der Waals surface area contributed by atoms with Crippen LogP contribution in [0.5, 0.6) is 0 Å². The van der Waals surface area contributed by atoms with E-state index in [9.17, 15) is 4.79 Å². The number of hydrazone groups is 1. The number of hydrogen-bond donors (Lipinski definition) is 1. The Morgan fingerprint density at radius 1 is 1.14 bits per heavy atom. The first-order valence-corrected chi connectivity index (χ1v) is 6.39. The van der Waals surface area contributed by atoms with Crippen LogP contribution in [-0.2, 0) is 11.2 Å². The Balaban J connectivity index is 1.60. The molecular formula is C15H12N4O2. The molecule has 1 N–H and O–H groups in total. The van der Waals surface area contributed by atoms with Crippen LogP contribution in [0.3, 0.4) is 0 Å². The third-order valence-corrected chi connectivity index (χ3v) is 2.89. The van der Waals surface area contributed by atoms with Gasteiger partial charge in [-0.1, -0.05) is 36.4 Å². The maximum atomic E-state index is 11.7. The molecule has 104 valence electrons. The number of carbonyl (C=O) groups excluding carboxylic acids is 1. The molecule has 0 unspecified atom stereocenters. The molecule has 6 heteroatoms. The van der Waals surface area contributed by atoms with Crippen LogP contribution in [0.25, 0.3) is 11.0 Å². The molecule has 0 atom stereocenters. The van der Waals surface area contributed by atoms with Crippen LogP contribution < -0.4 is 5.43 Å². The third-order valence-electron chi connectivity index (χ3n) is 2.89. The lowest BCUT2D eigenvalue weighted by Crippen LogP contribution is -2.19. The van der Waals surface area contributed by atoms with Crippen molar-refractivity contribution in [2.45, 2.75) is 6.42 Å². The Hall–Kier alpha value is -3.02. The van der Waals surface area contributed by atoms with Crippen molar-refractivity contribution >= 4 is 23.2 Å². The van der Waals surface area contributed by atoms with Crippen LogP contribution in [0.1, 0.15) is 11.1 Å². The van der Waals surface area contributed by atoms with Gasteiger partial charge in [-0.15, -0.1) is 0 Å². The lowest BCUT2D eigenvalue weighted by Gasteiger charge is -1.99. The lowest BCUT2D eigenvalue weighted by atomic mass is 10.1. The van der Waals surface area contributed by atoms with E-state index in [1.165, 1.54) is 0 Å². The number of amides is 1.